The quantitative estimate of drug-likeness (QED) is 0.782. The third-order valence-corrected chi connectivity index (χ3v) is 2.88. The van der Waals surface area contributed by atoms with Gasteiger partial charge in [-0.1, -0.05) is 22.0 Å². The normalized spacial score (nSPS) is 10.6. The van der Waals surface area contributed by atoms with E-state index < -0.39 is 0 Å². The van der Waals surface area contributed by atoms with E-state index in [1.807, 2.05) is 43.0 Å². The molecule has 3 nitrogen and oxygen atoms in total. The van der Waals surface area contributed by atoms with Gasteiger partial charge in [0.25, 0.3) is 0 Å². The summed E-state index contributed by atoms with van der Waals surface area (Å²) in [4.78, 5) is 4.49. The molecular formula is C11H12BrN3. The molecule has 2 aromatic heterocycles. The summed E-state index contributed by atoms with van der Waals surface area (Å²) in [6, 6.07) is 6.02. The zero-order valence-corrected chi connectivity index (χ0v) is 10.3. The third kappa shape index (κ3) is 1.95. The fourth-order valence-corrected chi connectivity index (χ4v) is 2.19. The lowest BCUT2D eigenvalue weighted by molar-refractivity contribution is 0.737. The molecule has 4 heteroatoms. The molecule has 0 saturated carbocycles. The average Bonchev–Trinajstić information content (AvgIpc) is 2.59. The van der Waals surface area contributed by atoms with Crippen LogP contribution in [-0.2, 0) is 12.4 Å². The van der Waals surface area contributed by atoms with Crippen LogP contribution in [0.25, 0.3) is 11.3 Å². The number of pyridine rings is 1. The van der Waals surface area contributed by atoms with Gasteiger partial charge >= 0.3 is 0 Å². The molecule has 0 aliphatic carbocycles. The van der Waals surface area contributed by atoms with Gasteiger partial charge in [0.15, 0.2) is 0 Å². The summed E-state index contributed by atoms with van der Waals surface area (Å²) in [6.45, 7) is 1.99. The van der Waals surface area contributed by atoms with Crippen molar-refractivity contribution in [3.63, 3.8) is 0 Å². The van der Waals surface area contributed by atoms with E-state index >= 15 is 0 Å². The predicted molar refractivity (Wildman–Crippen MR) is 63.8 cm³/mol. The van der Waals surface area contributed by atoms with Gasteiger partial charge < -0.3 is 0 Å². The molecule has 0 spiro atoms. The van der Waals surface area contributed by atoms with E-state index in [2.05, 4.69) is 26.0 Å². The molecule has 0 aliphatic rings. The molecule has 78 valence electrons. The monoisotopic (exact) mass is 265 g/mol. The highest BCUT2D eigenvalue weighted by Crippen LogP contribution is 2.23. The van der Waals surface area contributed by atoms with Crippen LogP contribution in [-0.4, -0.2) is 14.8 Å². The van der Waals surface area contributed by atoms with Crippen molar-refractivity contribution >= 4 is 15.9 Å². The first-order valence-corrected chi connectivity index (χ1v) is 5.85. The van der Waals surface area contributed by atoms with Crippen molar-refractivity contribution in [1.82, 2.24) is 14.8 Å². The Morgan fingerprint density at radius 2 is 2.20 bits per heavy atom. The molecule has 15 heavy (non-hydrogen) atoms. The lowest BCUT2D eigenvalue weighted by Crippen LogP contribution is -1.96. The second-order valence-corrected chi connectivity index (χ2v) is 3.99. The highest BCUT2D eigenvalue weighted by molar-refractivity contribution is 9.08. The Labute approximate surface area is 97.3 Å². The Morgan fingerprint density at radius 1 is 1.40 bits per heavy atom. The number of halogens is 1. The van der Waals surface area contributed by atoms with Gasteiger partial charge in [0.05, 0.1) is 17.6 Å². The first kappa shape index (κ1) is 10.4. The minimum atomic E-state index is 0.786. The minimum absolute atomic E-state index is 0.786. The lowest BCUT2D eigenvalue weighted by atomic mass is 10.1. The largest absolute Gasteiger partial charge is 0.271 e. The summed E-state index contributed by atoms with van der Waals surface area (Å²) in [7, 11) is 1.94. The van der Waals surface area contributed by atoms with Gasteiger partial charge in [-0.25, -0.2) is 0 Å². The van der Waals surface area contributed by atoms with Crippen LogP contribution in [0.3, 0.4) is 0 Å². The minimum Gasteiger partial charge on any atom is -0.271 e. The molecule has 0 aromatic carbocycles. The third-order valence-electron chi connectivity index (χ3n) is 2.35. The van der Waals surface area contributed by atoms with Gasteiger partial charge in [-0.05, 0) is 19.1 Å². The Hall–Kier alpha value is -1.16. The van der Waals surface area contributed by atoms with E-state index in [1.54, 1.807) is 0 Å². The van der Waals surface area contributed by atoms with Crippen LogP contribution in [0.4, 0.5) is 0 Å². The van der Waals surface area contributed by atoms with Gasteiger partial charge in [0, 0.05) is 23.6 Å². The molecule has 2 heterocycles. The van der Waals surface area contributed by atoms with Gasteiger partial charge in [0.2, 0.25) is 0 Å². The van der Waals surface area contributed by atoms with Crippen molar-refractivity contribution < 1.29 is 0 Å². The van der Waals surface area contributed by atoms with Crippen LogP contribution in [0, 0.1) is 6.92 Å². The van der Waals surface area contributed by atoms with Gasteiger partial charge in [-0.3, -0.25) is 9.67 Å². The Kier molecular flexibility index (Phi) is 2.86. The molecule has 0 amide bonds. The van der Waals surface area contributed by atoms with Crippen LogP contribution in [0.5, 0.6) is 0 Å². The van der Waals surface area contributed by atoms with E-state index in [4.69, 9.17) is 0 Å². The maximum absolute atomic E-state index is 4.49. The van der Waals surface area contributed by atoms with Gasteiger partial charge in [-0.15, -0.1) is 0 Å². The van der Waals surface area contributed by atoms with E-state index in [-0.39, 0.29) is 0 Å². The Balaban J connectivity index is 2.54. The summed E-state index contributed by atoms with van der Waals surface area (Å²) in [5.74, 6) is 0. The second-order valence-electron chi connectivity index (χ2n) is 3.43. The number of aromatic nitrogens is 3. The molecule has 0 bridgehead atoms. The van der Waals surface area contributed by atoms with Crippen molar-refractivity contribution in [3.8, 4) is 11.3 Å². The summed E-state index contributed by atoms with van der Waals surface area (Å²) in [6.07, 6.45) is 1.86. The molecule has 0 saturated heterocycles. The predicted octanol–water partition coefficient (Wildman–Crippen LogP) is 2.69. The summed E-state index contributed by atoms with van der Waals surface area (Å²) in [5.41, 5.74) is 4.25. The molecule has 2 aromatic rings. The second kappa shape index (κ2) is 4.14. The molecule has 0 atom stereocenters. The van der Waals surface area contributed by atoms with E-state index in [0.717, 1.165) is 28.0 Å². The number of hydrogen-bond donors (Lipinski definition) is 0. The number of aryl methyl sites for hydroxylation is 2. The first-order valence-electron chi connectivity index (χ1n) is 4.73. The Morgan fingerprint density at radius 3 is 2.87 bits per heavy atom. The van der Waals surface area contributed by atoms with Gasteiger partial charge in [-0.2, -0.15) is 5.10 Å². The summed E-state index contributed by atoms with van der Waals surface area (Å²) >= 11 is 3.47. The fraction of sp³-hybridized carbons (Fsp3) is 0.273. The lowest BCUT2D eigenvalue weighted by Gasteiger charge is -2.02. The smallest absolute Gasteiger partial charge is 0.0739 e. The molecule has 0 fully saturated rings. The van der Waals surface area contributed by atoms with E-state index in [9.17, 15) is 0 Å². The van der Waals surface area contributed by atoms with E-state index in [1.165, 1.54) is 0 Å². The molecule has 0 N–H and O–H groups in total. The first-order chi connectivity index (χ1) is 7.22. The molecule has 0 unspecified atom stereocenters. The highest BCUT2D eigenvalue weighted by atomic mass is 79.9. The summed E-state index contributed by atoms with van der Waals surface area (Å²) in [5, 5.41) is 5.03. The van der Waals surface area contributed by atoms with Crippen LogP contribution in [0.15, 0.2) is 24.4 Å². The maximum atomic E-state index is 4.49. The van der Waals surface area contributed by atoms with Crippen LogP contribution in [0.1, 0.15) is 11.4 Å². The van der Waals surface area contributed by atoms with Crippen molar-refractivity contribution in [2.24, 2.45) is 7.05 Å². The summed E-state index contributed by atoms with van der Waals surface area (Å²) < 4.78 is 1.87. The topological polar surface area (TPSA) is 30.7 Å². The van der Waals surface area contributed by atoms with E-state index in [0.29, 0.717) is 0 Å². The number of nitrogens with zero attached hydrogens (tertiary/aromatic N) is 3. The number of alkyl halides is 1. The molecular weight excluding hydrogens is 254 g/mol. The zero-order valence-electron chi connectivity index (χ0n) is 8.74. The SMILES string of the molecule is Cc1cccc(-c2cnn(C)c2CBr)n1. The van der Waals surface area contributed by atoms with Crippen LogP contribution < -0.4 is 0 Å². The maximum Gasteiger partial charge on any atom is 0.0739 e. The zero-order chi connectivity index (χ0) is 10.8. The highest BCUT2D eigenvalue weighted by Gasteiger charge is 2.10. The van der Waals surface area contributed by atoms with Gasteiger partial charge in [0.1, 0.15) is 0 Å². The van der Waals surface area contributed by atoms with Crippen molar-refractivity contribution in [1.29, 1.82) is 0 Å². The molecule has 2 rings (SSSR count). The molecule has 0 aliphatic heterocycles. The van der Waals surface area contributed by atoms with Crippen LogP contribution in [0.2, 0.25) is 0 Å². The number of rotatable bonds is 2. The Bertz CT molecular complexity index is 476. The van der Waals surface area contributed by atoms with Crippen molar-refractivity contribution in [2.45, 2.75) is 12.3 Å². The van der Waals surface area contributed by atoms with Crippen molar-refractivity contribution in [3.05, 3.63) is 35.8 Å². The average molecular weight is 266 g/mol. The van der Waals surface area contributed by atoms with Crippen LogP contribution >= 0.6 is 15.9 Å². The van der Waals surface area contributed by atoms with Crippen molar-refractivity contribution in [2.75, 3.05) is 0 Å². The number of hydrogen-bond acceptors (Lipinski definition) is 2. The molecule has 0 radical (unpaired) electrons. The fourth-order valence-electron chi connectivity index (χ4n) is 1.53. The standard InChI is InChI=1S/C11H12BrN3/c1-8-4-3-5-10(14-8)9-7-13-15(2)11(9)6-12/h3-5,7H,6H2,1-2H3.